The van der Waals surface area contributed by atoms with E-state index in [0.29, 0.717) is 30.2 Å². The van der Waals surface area contributed by atoms with Crippen molar-refractivity contribution in [2.24, 2.45) is 0 Å². The van der Waals surface area contributed by atoms with Crippen molar-refractivity contribution in [1.82, 2.24) is 5.32 Å². The molecule has 6 heteroatoms. The van der Waals surface area contributed by atoms with Gasteiger partial charge in [0.25, 0.3) is 0 Å². The fourth-order valence-corrected chi connectivity index (χ4v) is 2.91. The highest BCUT2D eigenvalue weighted by Gasteiger charge is 2.21. The lowest BCUT2D eigenvalue weighted by molar-refractivity contribution is 0.252. The first-order valence-electron chi connectivity index (χ1n) is 7.47. The number of carbonyl (C=O) groups excluding carboxylic acids is 1. The normalized spacial score (nSPS) is 12.9. The van der Waals surface area contributed by atoms with Gasteiger partial charge in [0.05, 0.1) is 10.7 Å². The van der Waals surface area contributed by atoms with Crippen molar-refractivity contribution in [1.29, 1.82) is 0 Å². The van der Waals surface area contributed by atoms with Crippen molar-refractivity contribution in [3.63, 3.8) is 0 Å². The second kappa shape index (κ2) is 6.87. The number of urea groups is 1. The zero-order valence-corrected chi connectivity index (χ0v) is 13.2. The Morgan fingerprint density at radius 1 is 1.22 bits per heavy atom. The highest BCUT2D eigenvalue weighted by molar-refractivity contribution is 6.33. The van der Waals surface area contributed by atoms with Crippen LogP contribution in [0.25, 0.3) is 0 Å². The predicted molar refractivity (Wildman–Crippen MR) is 90.8 cm³/mol. The Labute approximate surface area is 139 Å². The lowest BCUT2D eigenvalue weighted by atomic mass is 10.1. The van der Waals surface area contributed by atoms with Gasteiger partial charge in [-0.15, -0.1) is 0 Å². The first kappa shape index (κ1) is 15.6. The molecule has 2 aromatic rings. The number of rotatable bonds is 4. The van der Waals surface area contributed by atoms with Crippen molar-refractivity contribution < 1.29 is 9.18 Å². The molecule has 2 aromatic carbocycles. The van der Waals surface area contributed by atoms with E-state index in [2.05, 4.69) is 15.5 Å². The molecule has 4 nitrogen and oxygen atoms in total. The molecule has 0 bridgehead atoms. The summed E-state index contributed by atoms with van der Waals surface area (Å²) < 4.78 is 13.7. The zero-order valence-electron chi connectivity index (χ0n) is 12.5. The van der Waals surface area contributed by atoms with Crippen LogP contribution in [0, 0.1) is 5.82 Å². The molecule has 0 unspecified atom stereocenters. The molecule has 1 aliphatic heterocycles. The number of nitrogens with one attached hydrogen (secondary N) is 2. The third-order valence-electron chi connectivity index (χ3n) is 3.86. The fraction of sp³-hybridized carbons (Fsp3) is 0.235. The number of fused-ring (bicyclic) bond motifs is 1. The Morgan fingerprint density at radius 3 is 2.87 bits per heavy atom. The van der Waals surface area contributed by atoms with Crippen LogP contribution >= 0.6 is 11.6 Å². The van der Waals surface area contributed by atoms with Crippen molar-refractivity contribution in [2.75, 3.05) is 29.9 Å². The lowest BCUT2D eigenvalue weighted by Gasteiger charge is -2.19. The van der Waals surface area contributed by atoms with Gasteiger partial charge in [-0.05, 0) is 30.7 Å². The highest BCUT2D eigenvalue weighted by atomic mass is 35.5. The van der Waals surface area contributed by atoms with Crippen LogP contribution in [-0.2, 0) is 6.42 Å². The highest BCUT2D eigenvalue weighted by Crippen LogP contribution is 2.29. The number of halogens is 2. The molecule has 0 spiro atoms. The number of anilines is 2. The van der Waals surface area contributed by atoms with Gasteiger partial charge in [-0.1, -0.05) is 29.8 Å². The quantitative estimate of drug-likeness (QED) is 0.896. The van der Waals surface area contributed by atoms with Crippen LogP contribution in [0.2, 0.25) is 5.02 Å². The lowest BCUT2D eigenvalue weighted by Crippen LogP contribution is -2.36. The van der Waals surface area contributed by atoms with Crippen LogP contribution in [-0.4, -0.2) is 25.7 Å². The molecule has 0 fully saturated rings. The minimum Gasteiger partial charge on any atom is -0.369 e. The Bertz CT molecular complexity index is 723. The van der Waals surface area contributed by atoms with Crippen LogP contribution in [0.4, 0.5) is 20.6 Å². The average Bonchev–Trinajstić information content (AvgIpc) is 2.94. The van der Waals surface area contributed by atoms with Crippen molar-refractivity contribution in [2.45, 2.75) is 6.42 Å². The number of benzene rings is 2. The third-order valence-corrected chi connectivity index (χ3v) is 4.19. The molecule has 0 aliphatic carbocycles. The monoisotopic (exact) mass is 333 g/mol. The van der Waals surface area contributed by atoms with Gasteiger partial charge >= 0.3 is 6.03 Å². The molecule has 0 saturated heterocycles. The minimum absolute atomic E-state index is 0.158. The first-order chi connectivity index (χ1) is 11.1. The second-order valence-electron chi connectivity index (χ2n) is 5.34. The van der Waals surface area contributed by atoms with Crippen LogP contribution in [0.1, 0.15) is 5.56 Å². The summed E-state index contributed by atoms with van der Waals surface area (Å²) in [5.74, 6) is -0.158. The molecule has 2 amide bonds. The molecule has 120 valence electrons. The number of hydrogen-bond donors (Lipinski definition) is 2. The Balaban J connectivity index is 1.50. The van der Waals surface area contributed by atoms with Crippen LogP contribution in [0.3, 0.4) is 0 Å². The molecule has 1 aliphatic rings. The zero-order chi connectivity index (χ0) is 16.2. The van der Waals surface area contributed by atoms with E-state index in [0.717, 1.165) is 17.8 Å². The molecular weight excluding hydrogens is 317 g/mol. The number of carbonyl (C=O) groups is 1. The number of nitrogens with zero attached hydrogens (tertiary/aromatic N) is 1. The van der Waals surface area contributed by atoms with Crippen molar-refractivity contribution in [3.8, 4) is 0 Å². The van der Waals surface area contributed by atoms with Gasteiger partial charge < -0.3 is 15.5 Å². The number of para-hydroxylation sites is 1. The first-order valence-corrected chi connectivity index (χ1v) is 7.84. The second-order valence-corrected chi connectivity index (χ2v) is 5.74. The minimum atomic E-state index is -0.309. The Kier molecular flexibility index (Phi) is 4.67. The molecule has 23 heavy (non-hydrogen) atoms. The van der Waals surface area contributed by atoms with E-state index in [-0.39, 0.29) is 11.8 Å². The van der Waals surface area contributed by atoms with Crippen LogP contribution in [0.5, 0.6) is 0 Å². The van der Waals surface area contributed by atoms with Gasteiger partial charge in [0.2, 0.25) is 0 Å². The van der Waals surface area contributed by atoms with Gasteiger partial charge in [0.1, 0.15) is 5.82 Å². The van der Waals surface area contributed by atoms with E-state index in [1.807, 2.05) is 6.07 Å². The number of hydrogen-bond acceptors (Lipinski definition) is 2. The van der Waals surface area contributed by atoms with E-state index in [1.165, 1.54) is 6.07 Å². The Hall–Kier alpha value is -2.27. The standard InChI is InChI=1S/C17H17ClFN3O/c18-13-4-1-2-6-15(13)21-17(23)20-9-11-22-10-8-12-14(19)5-3-7-16(12)22/h1-7H,8-11H2,(H2,20,21,23). The van der Waals surface area contributed by atoms with E-state index < -0.39 is 0 Å². The van der Waals surface area contributed by atoms with Gasteiger partial charge in [-0.25, -0.2) is 9.18 Å². The smallest absolute Gasteiger partial charge is 0.319 e. The van der Waals surface area contributed by atoms with Crippen molar-refractivity contribution >= 4 is 29.0 Å². The van der Waals surface area contributed by atoms with Crippen molar-refractivity contribution in [3.05, 3.63) is 58.9 Å². The predicted octanol–water partition coefficient (Wildman–Crippen LogP) is 3.66. The molecule has 0 atom stereocenters. The topological polar surface area (TPSA) is 44.4 Å². The van der Waals surface area contributed by atoms with E-state index in [9.17, 15) is 9.18 Å². The summed E-state index contributed by atoms with van der Waals surface area (Å²) in [5, 5.41) is 5.98. The maximum absolute atomic E-state index is 13.7. The summed E-state index contributed by atoms with van der Waals surface area (Å²) in [6.07, 6.45) is 0.702. The average molecular weight is 334 g/mol. The molecule has 0 radical (unpaired) electrons. The molecular formula is C17H17ClFN3O. The summed E-state index contributed by atoms with van der Waals surface area (Å²) in [4.78, 5) is 14.0. The van der Waals surface area contributed by atoms with E-state index in [1.54, 1.807) is 30.3 Å². The molecule has 3 rings (SSSR count). The molecule has 1 heterocycles. The summed E-state index contributed by atoms with van der Waals surface area (Å²) in [6.45, 7) is 1.86. The molecule has 2 N–H and O–H groups in total. The molecule has 0 aromatic heterocycles. The van der Waals surface area contributed by atoms with E-state index in [4.69, 9.17) is 11.6 Å². The van der Waals surface area contributed by atoms with Gasteiger partial charge in [0.15, 0.2) is 0 Å². The fourth-order valence-electron chi connectivity index (χ4n) is 2.72. The van der Waals surface area contributed by atoms with E-state index >= 15 is 0 Å². The maximum atomic E-state index is 13.7. The summed E-state index contributed by atoms with van der Waals surface area (Å²) >= 11 is 5.99. The Morgan fingerprint density at radius 2 is 2.04 bits per heavy atom. The van der Waals surface area contributed by atoms with Gasteiger partial charge in [-0.2, -0.15) is 0 Å². The summed E-state index contributed by atoms with van der Waals surface area (Å²) in [7, 11) is 0. The van der Waals surface area contributed by atoms with Gasteiger partial charge in [-0.3, -0.25) is 0 Å². The number of amides is 2. The van der Waals surface area contributed by atoms with Crippen LogP contribution in [0.15, 0.2) is 42.5 Å². The summed E-state index contributed by atoms with van der Waals surface area (Å²) in [5.41, 5.74) is 2.24. The largest absolute Gasteiger partial charge is 0.369 e. The molecule has 0 saturated carbocycles. The van der Waals surface area contributed by atoms with Gasteiger partial charge in [0, 0.05) is 30.9 Å². The SMILES string of the molecule is O=C(NCCN1CCc2c(F)cccc21)Nc1ccccc1Cl. The summed E-state index contributed by atoms with van der Waals surface area (Å²) in [6, 6.07) is 11.9. The third kappa shape index (κ3) is 3.56. The van der Waals surface area contributed by atoms with Crippen LogP contribution < -0.4 is 15.5 Å². The maximum Gasteiger partial charge on any atom is 0.319 e.